The first-order valence-corrected chi connectivity index (χ1v) is 8.82. The summed E-state index contributed by atoms with van der Waals surface area (Å²) in [4.78, 5) is 11.0. The van der Waals surface area contributed by atoms with Crippen molar-refractivity contribution in [3.8, 4) is 17.2 Å². The fourth-order valence-electron chi connectivity index (χ4n) is 2.81. The average Bonchev–Trinajstić information content (AvgIpc) is 2.62. The highest BCUT2D eigenvalue weighted by atomic mass is 16.5. The van der Waals surface area contributed by atoms with E-state index in [9.17, 15) is 4.79 Å². The lowest BCUT2D eigenvalue weighted by molar-refractivity contribution is -0.118. The molecular weight excluding hydrogens is 326 g/mol. The summed E-state index contributed by atoms with van der Waals surface area (Å²) in [5, 5.41) is 5.09. The van der Waals surface area contributed by atoms with Gasteiger partial charge in [0.15, 0.2) is 0 Å². The summed E-state index contributed by atoms with van der Waals surface area (Å²) in [7, 11) is 0. The van der Waals surface area contributed by atoms with Crippen molar-refractivity contribution in [1.82, 2.24) is 5.32 Å². The molecule has 0 aliphatic rings. The van der Waals surface area contributed by atoms with Gasteiger partial charge in [-0.25, -0.2) is 0 Å². The van der Waals surface area contributed by atoms with Gasteiger partial charge in [0.05, 0.1) is 6.61 Å². The van der Waals surface area contributed by atoms with Gasteiger partial charge in [0.1, 0.15) is 17.2 Å². The topological polar surface area (TPSA) is 47.6 Å². The first-order valence-electron chi connectivity index (χ1n) is 8.82. The van der Waals surface area contributed by atoms with Crippen LogP contribution in [0.1, 0.15) is 19.4 Å². The molecule has 3 aromatic rings. The van der Waals surface area contributed by atoms with Crippen LogP contribution in [-0.4, -0.2) is 19.1 Å². The standard InChI is InChI=1S/C22H23NO3/c1-3-25-20-5-4-6-21(15-20)26-22-10-9-18-13-17(7-8-19(18)14-22)11-12-23-16(2)24/h4-10,13-15H,3,11-12H2,1-2H3,(H,23,24). The Labute approximate surface area is 153 Å². The lowest BCUT2D eigenvalue weighted by atomic mass is 10.0. The van der Waals surface area contributed by atoms with Crippen molar-refractivity contribution in [2.24, 2.45) is 0 Å². The molecule has 3 rings (SSSR count). The molecule has 1 amide bonds. The largest absolute Gasteiger partial charge is 0.494 e. The van der Waals surface area contributed by atoms with E-state index in [1.807, 2.05) is 43.3 Å². The molecule has 1 N–H and O–H groups in total. The number of ether oxygens (including phenoxy) is 2. The van der Waals surface area contributed by atoms with Gasteiger partial charge in [-0.1, -0.05) is 30.3 Å². The maximum atomic E-state index is 11.0. The van der Waals surface area contributed by atoms with Crippen LogP contribution in [0.2, 0.25) is 0 Å². The Bertz CT molecular complexity index is 905. The minimum atomic E-state index is 0.000913. The zero-order valence-corrected chi connectivity index (χ0v) is 15.1. The van der Waals surface area contributed by atoms with Crippen LogP contribution in [0.3, 0.4) is 0 Å². The van der Waals surface area contributed by atoms with E-state index in [1.54, 1.807) is 0 Å². The summed E-state index contributed by atoms with van der Waals surface area (Å²) in [6.07, 6.45) is 0.817. The van der Waals surface area contributed by atoms with Crippen LogP contribution in [0.15, 0.2) is 60.7 Å². The second-order valence-electron chi connectivity index (χ2n) is 6.09. The van der Waals surface area contributed by atoms with E-state index >= 15 is 0 Å². The van der Waals surface area contributed by atoms with Crippen LogP contribution in [0, 0.1) is 0 Å². The molecule has 4 nitrogen and oxygen atoms in total. The van der Waals surface area contributed by atoms with Gasteiger partial charge in [-0.15, -0.1) is 0 Å². The highest BCUT2D eigenvalue weighted by molar-refractivity contribution is 5.84. The third-order valence-corrected chi connectivity index (χ3v) is 4.02. The molecule has 0 aromatic heterocycles. The van der Waals surface area contributed by atoms with Crippen molar-refractivity contribution in [2.45, 2.75) is 20.3 Å². The monoisotopic (exact) mass is 349 g/mol. The number of carbonyl (C=O) groups excluding carboxylic acids is 1. The molecule has 0 heterocycles. The van der Waals surface area contributed by atoms with Crippen LogP contribution >= 0.6 is 0 Å². The third kappa shape index (κ3) is 4.76. The Hall–Kier alpha value is -3.01. The lowest BCUT2D eigenvalue weighted by Gasteiger charge is -2.10. The van der Waals surface area contributed by atoms with Crippen molar-refractivity contribution >= 4 is 16.7 Å². The van der Waals surface area contributed by atoms with E-state index in [0.29, 0.717) is 13.2 Å². The maximum Gasteiger partial charge on any atom is 0.216 e. The number of fused-ring (bicyclic) bond motifs is 1. The minimum absolute atomic E-state index is 0.000913. The number of hydrogen-bond donors (Lipinski definition) is 1. The van der Waals surface area contributed by atoms with E-state index in [-0.39, 0.29) is 5.91 Å². The molecule has 3 aromatic carbocycles. The number of amides is 1. The molecule has 0 bridgehead atoms. The Balaban J connectivity index is 1.73. The maximum absolute atomic E-state index is 11.0. The highest BCUT2D eigenvalue weighted by Crippen LogP contribution is 2.28. The van der Waals surface area contributed by atoms with E-state index in [1.165, 1.54) is 12.5 Å². The van der Waals surface area contributed by atoms with E-state index < -0.39 is 0 Å². The smallest absolute Gasteiger partial charge is 0.216 e. The van der Waals surface area contributed by atoms with E-state index in [4.69, 9.17) is 9.47 Å². The van der Waals surface area contributed by atoms with Gasteiger partial charge in [0, 0.05) is 19.5 Å². The van der Waals surface area contributed by atoms with Crippen LogP contribution in [0.25, 0.3) is 10.8 Å². The van der Waals surface area contributed by atoms with Crippen molar-refractivity contribution in [3.63, 3.8) is 0 Å². The zero-order chi connectivity index (χ0) is 18.4. The highest BCUT2D eigenvalue weighted by Gasteiger charge is 2.03. The van der Waals surface area contributed by atoms with Gasteiger partial charge in [0.25, 0.3) is 0 Å². The minimum Gasteiger partial charge on any atom is -0.494 e. The molecule has 0 spiro atoms. The van der Waals surface area contributed by atoms with Gasteiger partial charge in [0.2, 0.25) is 5.91 Å². The van der Waals surface area contributed by atoms with Crippen LogP contribution in [0.4, 0.5) is 0 Å². The third-order valence-electron chi connectivity index (χ3n) is 4.02. The fourth-order valence-corrected chi connectivity index (χ4v) is 2.81. The second kappa shape index (κ2) is 8.39. The summed E-state index contributed by atoms with van der Waals surface area (Å²) >= 11 is 0. The number of rotatable bonds is 7. The SMILES string of the molecule is CCOc1cccc(Oc2ccc3cc(CCNC(C)=O)ccc3c2)c1. The van der Waals surface area contributed by atoms with Crippen LogP contribution in [0.5, 0.6) is 17.2 Å². The number of hydrogen-bond acceptors (Lipinski definition) is 3. The molecule has 0 atom stereocenters. The summed E-state index contributed by atoms with van der Waals surface area (Å²) in [5.41, 5.74) is 1.20. The molecule has 0 unspecified atom stereocenters. The number of benzene rings is 3. The normalized spacial score (nSPS) is 10.5. The Morgan fingerprint density at radius 1 is 0.923 bits per heavy atom. The molecule has 0 fully saturated rings. The van der Waals surface area contributed by atoms with Crippen molar-refractivity contribution < 1.29 is 14.3 Å². The summed E-state index contributed by atoms with van der Waals surface area (Å²) in [5.74, 6) is 2.34. The van der Waals surface area contributed by atoms with E-state index in [0.717, 1.165) is 34.4 Å². The number of carbonyl (C=O) groups is 1. The van der Waals surface area contributed by atoms with Crippen LogP contribution in [-0.2, 0) is 11.2 Å². The van der Waals surface area contributed by atoms with Crippen LogP contribution < -0.4 is 14.8 Å². The van der Waals surface area contributed by atoms with Gasteiger partial charge < -0.3 is 14.8 Å². The molecule has 4 heteroatoms. The molecule has 0 saturated carbocycles. The zero-order valence-electron chi connectivity index (χ0n) is 15.1. The number of nitrogens with one attached hydrogen (secondary N) is 1. The van der Waals surface area contributed by atoms with Crippen molar-refractivity contribution in [2.75, 3.05) is 13.2 Å². The van der Waals surface area contributed by atoms with Gasteiger partial charge in [-0.2, -0.15) is 0 Å². The molecule has 0 aliphatic heterocycles. The summed E-state index contributed by atoms with van der Waals surface area (Å²) in [6.45, 7) is 4.77. The fraction of sp³-hybridized carbons (Fsp3) is 0.227. The average molecular weight is 349 g/mol. The molecule has 0 radical (unpaired) electrons. The predicted molar refractivity (Wildman–Crippen MR) is 104 cm³/mol. The molecule has 0 aliphatic carbocycles. The lowest BCUT2D eigenvalue weighted by Crippen LogP contribution is -2.22. The van der Waals surface area contributed by atoms with Crippen molar-refractivity contribution in [1.29, 1.82) is 0 Å². The molecular formula is C22H23NO3. The predicted octanol–water partition coefficient (Wildman–Crippen LogP) is 4.71. The van der Waals surface area contributed by atoms with Gasteiger partial charge in [-0.3, -0.25) is 4.79 Å². The molecule has 134 valence electrons. The van der Waals surface area contributed by atoms with Gasteiger partial charge >= 0.3 is 0 Å². The summed E-state index contributed by atoms with van der Waals surface area (Å²) in [6, 6.07) is 20.0. The second-order valence-corrected chi connectivity index (χ2v) is 6.09. The first kappa shape index (κ1) is 17.8. The summed E-state index contributed by atoms with van der Waals surface area (Å²) < 4.78 is 11.5. The Kier molecular flexibility index (Phi) is 5.74. The molecule has 0 saturated heterocycles. The first-order chi connectivity index (χ1) is 12.6. The quantitative estimate of drug-likeness (QED) is 0.672. The molecule has 26 heavy (non-hydrogen) atoms. The Morgan fingerprint density at radius 3 is 2.46 bits per heavy atom. The van der Waals surface area contributed by atoms with Crippen molar-refractivity contribution in [3.05, 3.63) is 66.2 Å². The van der Waals surface area contributed by atoms with E-state index in [2.05, 4.69) is 29.6 Å². The Morgan fingerprint density at radius 2 is 1.65 bits per heavy atom. The van der Waals surface area contributed by atoms with Gasteiger partial charge in [-0.05, 0) is 53.9 Å².